The van der Waals surface area contributed by atoms with Gasteiger partial charge in [0.1, 0.15) is 6.10 Å². The first-order valence-corrected chi connectivity index (χ1v) is 11.2. The lowest BCUT2D eigenvalue weighted by molar-refractivity contribution is -0.667. The Morgan fingerprint density at radius 3 is 2.85 bits per heavy atom. The van der Waals surface area contributed by atoms with Gasteiger partial charge >= 0.3 is 0 Å². The van der Waals surface area contributed by atoms with E-state index in [9.17, 15) is 0 Å². The van der Waals surface area contributed by atoms with Crippen molar-refractivity contribution >= 4 is 28.8 Å². The summed E-state index contributed by atoms with van der Waals surface area (Å²) >= 11 is 5.12. The topological polar surface area (TPSA) is 97.7 Å². The van der Waals surface area contributed by atoms with Crippen LogP contribution in [0.1, 0.15) is 41.3 Å². The third-order valence-corrected chi connectivity index (χ3v) is 6.33. The van der Waals surface area contributed by atoms with E-state index in [1.54, 1.807) is 0 Å². The molecule has 0 amide bonds. The van der Waals surface area contributed by atoms with Gasteiger partial charge in [-0.05, 0) is 84.1 Å². The first-order valence-electron chi connectivity index (χ1n) is 10.8. The van der Waals surface area contributed by atoms with Crippen molar-refractivity contribution in [2.75, 3.05) is 5.43 Å². The largest absolute Gasteiger partial charge is 0.292 e. The molecule has 1 atom stereocenters. The summed E-state index contributed by atoms with van der Waals surface area (Å²) in [5.41, 5.74) is 9.64. The third kappa shape index (κ3) is 4.12. The van der Waals surface area contributed by atoms with Crippen molar-refractivity contribution < 1.29 is 9.40 Å². The van der Waals surface area contributed by atoms with Crippen molar-refractivity contribution in [1.29, 1.82) is 0 Å². The maximum Gasteiger partial charge on any atom is 0.258 e. The Morgan fingerprint density at radius 1 is 1.21 bits per heavy atom. The van der Waals surface area contributed by atoms with Crippen LogP contribution in [0.15, 0.2) is 48.5 Å². The lowest BCUT2D eigenvalue weighted by Gasteiger charge is -2.19. The van der Waals surface area contributed by atoms with Crippen LogP contribution in [0.25, 0.3) is 10.9 Å². The number of aromatic nitrogens is 5. The van der Waals surface area contributed by atoms with E-state index in [-0.39, 0.29) is 0 Å². The zero-order valence-corrected chi connectivity index (χ0v) is 18.8. The van der Waals surface area contributed by atoms with Crippen LogP contribution in [0.3, 0.4) is 0 Å². The number of rotatable bonds is 6. The summed E-state index contributed by atoms with van der Waals surface area (Å²) in [5.74, 6) is 8.60. The van der Waals surface area contributed by atoms with Crippen molar-refractivity contribution in [3.05, 3.63) is 75.7 Å². The highest BCUT2D eigenvalue weighted by Crippen LogP contribution is 2.30. The molecule has 0 bridgehead atoms. The smallest absolute Gasteiger partial charge is 0.258 e. The Bertz CT molecular complexity index is 1420. The number of hydrogen-bond acceptors (Lipinski definition) is 6. The Balaban J connectivity index is 1.54. The molecule has 5 rings (SSSR count). The number of tetrazole rings is 1. The number of nitrogens with zero attached hydrogens (tertiary/aromatic N) is 4. The quantitative estimate of drug-likeness (QED) is 0.178. The molecular weight excluding hydrogens is 434 g/mol. The molecule has 0 spiro atoms. The average molecular weight is 459 g/mol. The molecule has 2 aromatic carbocycles. The van der Waals surface area contributed by atoms with E-state index in [2.05, 4.69) is 55.7 Å². The fourth-order valence-corrected chi connectivity index (χ4v) is 4.73. The number of pyridine rings is 1. The summed E-state index contributed by atoms with van der Waals surface area (Å²) in [5, 5.41) is 11.3. The molecule has 8 nitrogen and oxygen atoms in total. The van der Waals surface area contributed by atoms with E-state index < -0.39 is 6.10 Å². The normalized spacial score (nSPS) is 13.9. The minimum atomic E-state index is -0.443. The van der Waals surface area contributed by atoms with Gasteiger partial charge < -0.3 is 0 Å². The molecule has 4 N–H and O–H groups in total. The Kier molecular flexibility index (Phi) is 5.88. The Hall–Kier alpha value is -3.58. The predicted octanol–water partition coefficient (Wildman–Crippen LogP) is 3.14. The molecule has 1 aliphatic rings. The zero-order valence-electron chi connectivity index (χ0n) is 18.0. The second-order valence-corrected chi connectivity index (χ2v) is 8.47. The van der Waals surface area contributed by atoms with Crippen LogP contribution in [-0.2, 0) is 24.2 Å². The van der Waals surface area contributed by atoms with E-state index in [0.717, 1.165) is 40.6 Å². The molecule has 0 radical (unpaired) electrons. The van der Waals surface area contributed by atoms with E-state index in [1.807, 2.05) is 24.3 Å². The number of benzene rings is 2. The summed E-state index contributed by atoms with van der Waals surface area (Å²) in [4.78, 5) is 6.90. The summed E-state index contributed by atoms with van der Waals surface area (Å²) in [6, 6.07) is 16.4. The molecule has 33 heavy (non-hydrogen) atoms. The average Bonchev–Trinajstić information content (AvgIpc) is 3.24. The first-order chi connectivity index (χ1) is 16.2. The van der Waals surface area contributed by atoms with Crippen LogP contribution >= 0.6 is 12.2 Å². The van der Waals surface area contributed by atoms with Crippen molar-refractivity contribution in [3.63, 3.8) is 0 Å². The van der Waals surface area contributed by atoms with Gasteiger partial charge in [0.25, 0.3) is 4.77 Å². The van der Waals surface area contributed by atoms with E-state index in [4.69, 9.17) is 29.4 Å². The van der Waals surface area contributed by atoms with Gasteiger partial charge in [-0.2, -0.15) is 9.78 Å². The molecule has 1 aliphatic carbocycles. The molecule has 0 aliphatic heterocycles. The molecule has 0 saturated heterocycles. The van der Waals surface area contributed by atoms with Crippen LogP contribution in [0.5, 0.6) is 0 Å². The van der Waals surface area contributed by atoms with Crippen LogP contribution < -0.4 is 15.9 Å². The van der Waals surface area contributed by atoms with Crippen LogP contribution in [0.2, 0.25) is 0 Å². The fourth-order valence-electron chi connectivity index (χ4n) is 4.60. The van der Waals surface area contributed by atoms with Gasteiger partial charge in [-0.1, -0.05) is 17.2 Å². The molecule has 4 aromatic rings. The first kappa shape index (κ1) is 21.3. The molecule has 166 valence electrons. The number of anilines is 1. The highest BCUT2D eigenvalue weighted by atomic mass is 32.1. The number of hydrogen-bond donors (Lipinski definition) is 3. The van der Waals surface area contributed by atoms with Gasteiger partial charge in [0.15, 0.2) is 5.69 Å². The predicted molar refractivity (Wildman–Crippen MR) is 127 cm³/mol. The van der Waals surface area contributed by atoms with Gasteiger partial charge in [0.2, 0.25) is 12.1 Å². The number of fused-ring (bicyclic) bond motifs is 2. The van der Waals surface area contributed by atoms with Crippen molar-refractivity contribution in [1.82, 2.24) is 20.3 Å². The Morgan fingerprint density at radius 2 is 2.06 bits per heavy atom. The van der Waals surface area contributed by atoms with Crippen molar-refractivity contribution in [2.24, 2.45) is 5.90 Å². The number of aromatic amines is 1. The maximum absolute atomic E-state index is 5.78. The van der Waals surface area contributed by atoms with Gasteiger partial charge in [-0.25, -0.2) is 5.90 Å². The monoisotopic (exact) mass is 458 g/mol. The van der Waals surface area contributed by atoms with Gasteiger partial charge in [0.05, 0.1) is 5.69 Å². The molecule has 0 saturated carbocycles. The number of terminal acetylenes is 1. The molecule has 0 fully saturated rings. The van der Waals surface area contributed by atoms with E-state index in [1.165, 1.54) is 28.9 Å². The number of nitrogens with one attached hydrogen (secondary N) is 2. The summed E-state index contributed by atoms with van der Waals surface area (Å²) in [6.45, 7) is 0.564. The van der Waals surface area contributed by atoms with E-state index in [0.29, 0.717) is 11.3 Å². The summed E-state index contributed by atoms with van der Waals surface area (Å²) in [6.07, 6.45) is 9.81. The lowest BCUT2D eigenvalue weighted by Crippen LogP contribution is -2.41. The third-order valence-electron chi connectivity index (χ3n) is 6.07. The van der Waals surface area contributed by atoms with Crippen molar-refractivity contribution in [3.8, 4) is 12.3 Å². The van der Waals surface area contributed by atoms with Crippen LogP contribution in [0.4, 0.5) is 5.69 Å². The molecule has 1 unspecified atom stereocenters. The molecule has 9 heteroatoms. The lowest BCUT2D eigenvalue weighted by atomic mass is 9.92. The maximum atomic E-state index is 5.78. The molecule has 2 aromatic heterocycles. The van der Waals surface area contributed by atoms with Crippen LogP contribution in [-0.4, -0.2) is 20.3 Å². The minimum Gasteiger partial charge on any atom is -0.292 e. The SMILES string of the molecule is C#CC[n+]1c2c(cc3cc(C(ON)c4cccc(Nn5[nH]nnc5=S)c4)ccc31)CCCC2. The summed E-state index contributed by atoms with van der Waals surface area (Å²) in [7, 11) is 0. The van der Waals surface area contributed by atoms with Crippen molar-refractivity contribution in [2.45, 2.75) is 38.3 Å². The van der Waals surface area contributed by atoms with Gasteiger partial charge in [0, 0.05) is 23.4 Å². The van der Waals surface area contributed by atoms with Gasteiger partial charge in [-0.3, -0.25) is 10.3 Å². The molecule has 2 heterocycles. The fraction of sp³-hybridized carbons (Fsp3) is 0.250. The highest BCUT2D eigenvalue weighted by Gasteiger charge is 2.24. The van der Waals surface area contributed by atoms with Crippen LogP contribution in [0, 0.1) is 17.1 Å². The van der Waals surface area contributed by atoms with E-state index >= 15 is 0 Å². The number of H-pyrrole nitrogens is 1. The second kappa shape index (κ2) is 9.11. The summed E-state index contributed by atoms with van der Waals surface area (Å²) < 4.78 is 2.57. The minimum absolute atomic E-state index is 0.296. The highest BCUT2D eigenvalue weighted by molar-refractivity contribution is 7.71. The zero-order chi connectivity index (χ0) is 22.8. The van der Waals surface area contributed by atoms with Gasteiger partial charge in [-0.15, -0.1) is 11.2 Å². The number of aryl methyl sites for hydroxylation is 1. The molecular formula is C24H24N7OS+. The Labute approximate surface area is 196 Å². The standard InChI is InChI=1S/C24H23N7OS/c1-2-12-30-21-9-4-3-6-16(21)13-19-14-18(10-11-22(19)30)23(32-25)17-7-5-8-20(15-17)27-31-24(33)26-28-29-31/h1,5,7-8,10-11,13-15,23,27H,3-4,6,9,12,25H2/p+1. The second-order valence-electron chi connectivity index (χ2n) is 8.10. The number of nitrogens with two attached hydrogens (primary N) is 1.